The van der Waals surface area contributed by atoms with Crippen LogP contribution in [0.2, 0.25) is 0 Å². The molecule has 0 spiro atoms. The molecular formula is C13H11O2S. The molecule has 0 bridgehead atoms. The summed E-state index contributed by atoms with van der Waals surface area (Å²) in [5, 5.41) is 0. The number of hydrogen-bond acceptors (Lipinski definition) is 2. The van der Waals surface area contributed by atoms with Gasteiger partial charge in [0.05, 0.1) is 9.79 Å². The molecule has 0 saturated carbocycles. The zero-order valence-corrected chi connectivity index (χ0v) is 9.66. The van der Waals surface area contributed by atoms with E-state index in [9.17, 15) is 8.42 Å². The fraction of sp³-hybridized carbons (Fsp3) is 0.0769. The Labute approximate surface area is 95.5 Å². The van der Waals surface area contributed by atoms with Gasteiger partial charge in [-0.2, -0.15) is 0 Å². The minimum absolute atomic E-state index is 0.323. The molecule has 2 nitrogen and oxygen atoms in total. The second-order valence-electron chi connectivity index (χ2n) is 3.51. The van der Waals surface area contributed by atoms with E-state index in [4.69, 9.17) is 0 Å². The molecule has 0 amide bonds. The molecule has 0 aliphatic rings. The molecule has 0 aliphatic heterocycles. The predicted molar refractivity (Wildman–Crippen MR) is 61.9 cm³/mol. The third-order valence-electron chi connectivity index (χ3n) is 2.36. The zero-order valence-electron chi connectivity index (χ0n) is 8.84. The van der Waals surface area contributed by atoms with Gasteiger partial charge in [-0.3, -0.25) is 0 Å². The lowest BCUT2D eigenvalue weighted by molar-refractivity contribution is 0.595. The van der Waals surface area contributed by atoms with Gasteiger partial charge < -0.3 is 0 Å². The lowest BCUT2D eigenvalue weighted by Gasteiger charge is -2.06. The first-order valence-corrected chi connectivity index (χ1v) is 6.37. The number of rotatable bonds is 2. The van der Waals surface area contributed by atoms with E-state index in [2.05, 4.69) is 6.07 Å². The van der Waals surface area contributed by atoms with Gasteiger partial charge in [-0.15, -0.1) is 0 Å². The largest absolute Gasteiger partial charge is 0.219 e. The van der Waals surface area contributed by atoms with E-state index in [1.807, 2.05) is 0 Å². The third-order valence-corrected chi connectivity index (χ3v) is 4.29. The molecule has 2 rings (SSSR count). The Kier molecular flexibility index (Phi) is 2.79. The summed E-state index contributed by atoms with van der Waals surface area (Å²) in [4.78, 5) is 0.668. The van der Waals surface area contributed by atoms with Gasteiger partial charge in [0.15, 0.2) is 0 Å². The van der Waals surface area contributed by atoms with Crippen LogP contribution in [0.25, 0.3) is 0 Å². The Balaban J connectivity index is 2.62. The summed E-state index contributed by atoms with van der Waals surface area (Å²) in [5.74, 6) is 0. The molecule has 0 unspecified atom stereocenters. The highest BCUT2D eigenvalue weighted by Gasteiger charge is 2.18. The van der Waals surface area contributed by atoms with Crippen molar-refractivity contribution in [3.05, 3.63) is 60.2 Å². The monoisotopic (exact) mass is 231 g/mol. The molecule has 16 heavy (non-hydrogen) atoms. The Hall–Kier alpha value is -1.61. The molecule has 0 aromatic heterocycles. The molecule has 81 valence electrons. The van der Waals surface area contributed by atoms with E-state index in [0.717, 1.165) is 0 Å². The van der Waals surface area contributed by atoms with E-state index in [1.165, 1.54) is 0 Å². The molecule has 2 aromatic carbocycles. The fourth-order valence-corrected chi connectivity index (χ4v) is 3.03. The average Bonchev–Trinajstić information content (AvgIpc) is 2.30. The summed E-state index contributed by atoms with van der Waals surface area (Å²) in [7, 11) is -3.39. The predicted octanol–water partition coefficient (Wildman–Crippen LogP) is 2.63. The normalized spacial score (nSPS) is 11.3. The van der Waals surface area contributed by atoms with E-state index >= 15 is 0 Å². The van der Waals surface area contributed by atoms with Gasteiger partial charge >= 0.3 is 0 Å². The van der Waals surface area contributed by atoms with Crippen LogP contribution in [-0.2, 0) is 9.84 Å². The molecule has 0 atom stereocenters. The smallest absolute Gasteiger partial charge is 0.206 e. The quantitative estimate of drug-likeness (QED) is 0.796. The van der Waals surface area contributed by atoms with E-state index in [0.29, 0.717) is 15.4 Å². The van der Waals surface area contributed by atoms with Crippen molar-refractivity contribution >= 4 is 9.84 Å². The second kappa shape index (κ2) is 4.10. The van der Waals surface area contributed by atoms with Gasteiger partial charge in [-0.1, -0.05) is 30.3 Å². The topological polar surface area (TPSA) is 34.1 Å². The molecule has 0 fully saturated rings. The molecule has 0 aliphatic carbocycles. The van der Waals surface area contributed by atoms with Crippen LogP contribution in [-0.4, -0.2) is 8.42 Å². The highest BCUT2D eigenvalue weighted by Crippen LogP contribution is 2.22. The molecule has 0 saturated heterocycles. The Morgan fingerprint density at radius 3 is 2.38 bits per heavy atom. The SMILES string of the molecule is Cc1c[c]ccc1S(=O)(=O)c1ccccc1. The lowest BCUT2D eigenvalue weighted by atomic mass is 10.2. The summed E-state index contributed by atoms with van der Waals surface area (Å²) in [6.07, 6.45) is 0. The summed E-state index contributed by atoms with van der Waals surface area (Å²) >= 11 is 0. The van der Waals surface area contributed by atoms with Crippen molar-refractivity contribution in [2.75, 3.05) is 0 Å². The standard InChI is InChI=1S/C13H11O2S/c1-11-7-5-6-10-13(11)16(14,15)12-8-3-2-4-9-12/h2-4,6-10H,1H3. The molecule has 1 radical (unpaired) electrons. The van der Waals surface area contributed by atoms with Crippen molar-refractivity contribution < 1.29 is 8.42 Å². The van der Waals surface area contributed by atoms with E-state index in [1.54, 1.807) is 55.5 Å². The van der Waals surface area contributed by atoms with Gasteiger partial charge in [-0.25, -0.2) is 8.42 Å². The maximum absolute atomic E-state index is 12.2. The summed E-state index contributed by atoms with van der Waals surface area (Å²) in [5.41, 5.74) is 0.714. The Morgan fingerprint density at radius 2 is 1.75 bits per heavy atom. The van der Waals surface area contributed by atoms with Crippen molar-refractivity contribution in [3.8, 4) is 0 Å². The number of aryl methyl sites for hydroxylation is 1. The summed E-state index contributed by atoms with van der Waals surface area (Å²) in [6.45, 7) is 1.77. The maximum Gasteiger partial charge on any atom is 0.206 e. The van der Waals surface area contributed by atoms with Crippen LogP contribution in [0, 0.1) is 13.0 Å². The summed E-state index contributed by atoms with van der Waals surface area (Å²) < 4.78 is 24.5. The van der Waals surface area contributed by atoms with Crippen LogP contribution in [0.4, 0.5) is 0 Å². The minimum atomic E-state index is -3.39. The molecule has 3 heteroatoms. The van der Waals surface area contributed by atoms with Gasteiger partial charge in [0.25, 0.3) is 0 Å². The number of benzene rings is 2. The molecular weight excluding hydrogens is 220 g/mol. The van der Waals surface area contributed by atoms with Crippen LogP contribution in [0.1, 0.15) is 5.56 Å². The average molecular weight is 231 g/mol. The summed E-state index contributed by atoms with van der Waals surface area (Å²) in [6, 6.07) is 16.2. The van der Waals surface area contributed by atoms with Gasteiger partial charge in [0, 0.05) is 0 Å². The Morgan fingerprint density at radius 1 is 1.06 bits per heavy atom. The van der Waals surface area contributed by atoms with Crippen molar-refractivity contribution in [1.82, 2.24) is 0 Å². The lowest BCUT2D eigenvalue weighted by Crippen LogP contribution is -2.03. The third kappa shape index (κ3) is 1.86. The van der Waals surface area contributed by atoms with Crippen molar-refractivity contribution in [1.29, 1.82) is 0 Å². The zero-order chi connectivity index (χ0) is 11.6. The minimum Gasteiger partial charge on any atom is -0.219 e. The molecule has 0 N–H and O–H groups in total. The van der Waals surface area contributed by atoms with Gasteiger partial charge in [-0.05, 0) is 36.8 Å². The second-order valence-corrected chi connectivity index (χ2v) is 5.43. The highest BCUT2D eigenvalue weighted by molar-refractivity contribution is 7.91. The molecule has 2 aromatic rings. The number of sulfone groups is 1. The fourth-order valence-electron chi connectivity index (χ4n) is 1.53. The van der Waals surface area contributed by atoms with E-state index < -0.39 is 9.84 Å². The van der Waals surface area contributed by atoms with Crippen LogP contribution in [0.15, 0.2) is 58.3 Å². The van der Waals surface area contributed by atoms with Crippen LogP contribution in [0.5, 0.6) is 0 Å². The first-order chi connectivity index (χ1) is 7.62. The maximum atomic E-state index is 12.2. The van der Waals surface area contributed by atoms with Crippen molar-refractivity contribution in [3.63, 3.8) is 0 Å². The van der Waals surface area contributed by atoms with Crippen molar-refractivity contribution in [2.45, 2.75) is 16.7 Å². The highest BCUT2D eigenvalue weighted by atomic mass is 32.2. The van der Waals surface area contributed by atoms with Crippen LogP contribution >= 0.6 is 0 Å². The molecule has 0 heterocycles. The first kappa shape index (κ1) is 10.9. The Bertz CT molecular complexity index is 586. The van der Waals surface area contributed by atoms with Crippen LogP contribution < -0.4 is 0 Å². The van der Waals surface area contributed by atoms with Crippen molar-refractivity contribution in [2.24, 2.45) is 0 Å². The van der Waals surface area contributed by atoms with Gasteiger partial charge in [0.2, 0.25) is 9.84 Å². The van der Waals surface area contributed by atoms with E-state index in [-0.39, 0.29) is 0 Å². The first-order valence-electron chi connectivity index (χ1n) is 4.89. The van der Waals surface area contributed by atoms with Gasteiger partial charge in [0.1, 0.15) is 0 Å². The van der Waals surface area contributed by atoms with Crippen LogP contribution in [0.3, 0.4) is 0 Å². The number of hydrogen-bond donors (Lipinski definition) is 0.